The van der Waals surface area contributed by atoms with Crippen molar-refractivity contribution in [3.05, 3.63) is 0 Å². The quantitative estimate of drug-likeness (QED) is 0.445. The van der Waals surface area contributed by atoms with Crippen molar-refractivity contribution in [2.75, 3.05) is 0 Å². The van der Waals surface area contributed by atoms with Crippen LogP contribution in [0.25, 0.3) is 0 Å². The van der Waals surface area contributed by atoms with E-state index in [1.165, 1.54) is 6.42 Å². The van der Waals surface area contributed by atoms with Gasteiger partial charge in [-0.2, -0.15) is 0 Å². The van der Waals surface area contributed by atoms with Gasteiger partial charge in [-0.05, 0) is 45.8 Å². The molecule has 0 radical (unpaired) electrons. The van der Waals surface area contributed by atoms with Crippen molar-refractivity contribution >= 4 is 0 Å². The molecule has 1 aliphatic carbocycles. The lowest BCUT2D eigenvalue weighted by Gasteiger charge is -2.63. The van der Waals surface area contributed by atoms with Gasteiger partial charge in [0.25, 0.3) is 0 Å². The van der Waals surface area contributed by atoms with E-state index in [0.717, 1.165) is 17.8 Å². The van der Waals surface area contributed by atoms with E-state index >= 15 is 0 Å². The molecule has 0 aromatic carbocycles. The predicted octanol–water partition coefficient (Wildman–Crippen LogP) is 6.40. The van der Waals surface area contributed by atoms with Crippen molar-refractivity contribution in [1.82, 2.24) is 0 Å². The Labute approximate surface area is 122 Å². The monoisotopic (exact) mass is 266 g/mol. The van der Waals surface area contributed by atoms with E-state index in [9.17, 15) is 0 Å². The van der Waals surface area contributed by atoms with Crippen LogP contribution in [-0.2, 0) is 0 Å². The van der Waals surface area contributed by atoms with Crippen LogP contribution in [0.4, 0.5) is 0 Å². The van der Waals surface area contributed by atoms with Gasteiger partial charge in [0, 0.05) is 0 Å². The van der Waals surface area contributed by atoms with Crippen molar-refractivity contribution in [3.8, 4) is 0 Å². The Bertz CT molecular complexity index is 328. The van der Waals surface area contributed by atoms with Gasteiger partial charge in [-0.25, -0.2) is 0 Å². The molecular formula is C19H38. The van der Waals surface area contributed by atoms with Crippen molar-refractivity contribution in [1.29, 1.82) is 0 Å². The molecule has 1 saturated carbocycles. The lowest BCUT2D eigenvalue weighted by atomic mass is 9.41. The molecule has 1 rings (SSSR count). The largest absolute Gasteiger partial charge is 0.0622 e. The lowest BCUT2D eigenvalue weighted by Crippen LogP contribution is -2.57. The fourth-order valence-corrected chi connectivity index (χ4v) is 5.48. The second-order valence-electron chi connectivity index (χ2n) is 9.72. The maximum Gasteiger partial charge on any atom is -0.0170 e. The highest BCUT2D eigenvalue weighted by molar-refractivity contribution is 5.10. The zero-order valence-electron chi connectivity index (χ0n) is 15.4. The van der Waals surface area contributed by atoms with Crippen LogP contribution < -0.4 is 0 Å². The van der Waals surface area contributed by atoms with Crippen LogP contribution in [0, 0.1) is 39.4 Å². The van der Waals surface area contributed by atoms with Crippen LogP contribution in [0.1, 0.15) is 82.6 Å². The first kappa shape index (κ1) is 17.1. The van der Waals surface area contributed by atoms with Crippen LogP contribution in [0.3, 0.4) is 0 Å². The molecule has 0 spiro atoms. The zero-order valence-corrected chi connectivity index (χ0v) is 15.4. The minimum Gasteiger partial charge on any atom is -0.0622 e. The van der Waals surface area contributed by atoms with E-state index in [2.05, 4.69) is 76.2 Å². The SMILES string of the molecule is CC1CC(C)C(C)(C)C(C)(C(C)(C)C)C(C)(C)C1C. The van der Waals surface area contributed by atoms with Gasteiger partial charge in [0.05, 0.1) is 0 Å². The van der Waals surface area contributed by atoms with Crippen LogP contribution in [-0.4, -0.2) is 0 Å². The van der Waals surface area contributed by atoms with Crippen molar-refractivity contribution < 1.29 is 0 Å². The van der Waals surface area contributed by atoms with Crippen LogP contribution >= 0.6 is 0 Å². The molecule has 0 saturated heterocycles. The highest BCUT2D eigenvalue weighted by Gasteiger charge is 2.62. The Morgan fingerprint density at radius 2 is 1.21 bits per heavy atom. The molecule has 1 aliphatic rings. The molecule has 4 unspecified atom stereocenters. The highest BCUT2D eigenvalue weighted by atomic mass is 14.7. The van der Waals surface area contributed by atoms with Crippen molar-refractivity contribution in [2.45, 2.75) is 82.6 Å². The highest BCUT2D eigenvalue weighted by Crippen LogP contribution is 2.69. The average molecular weight is 267 g/mol. The zero-order chi connectivity index (χ0) is 15.4. The topological polar surface area (TPSA) is 0 Å². The molecule has 1 fully saturated rings. The lowest BCUT2D eigenvalue weighted by molar-refractivity contribution is -0.152. The van der Waals surface area contributed by atoms with Gasteiger partial charge in [0.15, 0.2) is 0 Å². The molecule has 0 bridgehead atoms. The first-order valence-corrected chi connectivity index (χ1v) is 8.21. The summed E-state index contributed by atoms with van der Waals surface area (Å²) in [5.74, 6) is 2.35. The average Bonchev–Trinajstić information content (AvgIpc) is 2.25. The van der Waals surface area contributed by atoms with E-state index in [0.29, 0.717) is 21.7 Å². The van der Waals surface area contributed by atoms with Gasteiger partial charge in [0.1, 0.15) is 0 Å². The van der Waals surface area contributed by atoms with Gasteiger partial charge in [-0.15, -0.1) is 0 Å². The second-order valence-corrected chi connectivity index (χ2v) is 9.72. The third kappa shape index (κ3) is 2.09. The van der Waals surface area contributed by atoms with Gasteiger partial charge in [-0.3, -0.25) is 0 Å². The Morgan fingerprint density at radius 3 is 1.58 bits per heavy atom. The molecule has 0 aliphatic heterocycles. The standard InChI is InChI=1S/C19H38/c1-13-12-14(2)17(7,8)19(11,16(4,5)6)18(9,10)15(13)3/h13-15H,12H2,1-11H3. The Kier molecular flexibility index (Phi) is 4.04. The molecule has 0 aromatic rings. The minimum absolute atomic E-state index is 0.312. The molecule has 0 N–H and O–H groups in total. The summed E-state index contributed by atoms with van der Waals surface area (Å²) in [5.41, 5.74) is 1.33. The van der Waals surface area contributed by atoms with Gasteiger partial charge in [0.2, 0.25) is 0 Å². The Morgan fingerprint density at radius 1 is 0.789 bits per heavy atom. The first-order chi connectivity index (χ1) is 8.21. The van der Waals surface area contributed by atoms with Crippen LogP contribution in [0.2, 0.25) is 0 Å². The molecule has 0 heterocycles. The predicted molar refractivity (Wildman–Crippen MR) is 87.2 cm³/mol. The molecule has 19 heavy (non-hydrogen) atoms. The summed E-state index contributed by atoms with van der Waals surface area (Å²) >= 11 is 0. The summed E-state index contributed by atoms with van der Waals surface area (Å²) in [6.07, 6.45) is 1.36. The fourth-order valence-electron chi connectivity index (χ4n) is 5.48. The second kappa shape index (κ2) is 4.50. The van der Waals surface area contributed by atoms with E-state index in [-0.39, 0.29) is 0 Å². The van der Waals surface area contributed by atoms with Gasteiger partial charge in [-0.1, -0.05) is 76.2 Å². The molecule has 4 atom stereocenters. The van der Waals surface area contributed by atoms with E-state index in [4.69, 9.17) is 0 Å². The Hall–Kier alpha value is 0. The van der Waals surface area contributed by atoms with E-state index in [1.807, 2.05) is 0 Å². The summed E-state index contributed by atoms with van der Waals surface area (Å²) in [6, 6.07) is 0. The molecular weight excluding hydrogens is 228 g/mol. The van der Waals surface area contributed by atoms with Crippen LogP contribution in [0.15, 0.2) is 0 Å². The van der Waals surface area contributed by atoms with Gasteiger partial charge < -0.3 is 0 Å². The van der Waals surface area contributed by atoms with Crippen LogP contribution in [0.5, 0.6) is 0 Å². The summed E-state index contributed by atoms with van der Waals surface area (Å²) < 4.78 is 0. The number of rotatable bonds is 0. The van der Waals surface area contributed by atoms with E-state index in [1.54, 1.807) is 0 Å². The Balaban J connectivity index is 3.59. The third-order valence-electron chi connectivity index (χ3n) is 8.03. The minimum atomic E-state index is 0.312. The molecule has 0 heteroatoms. The summed E-state index contributed by atoms with van der Waals surface area (Å²) in [7, 11) is 0. The number of hydrogen-bond donors (Lipinski definition) is 0. The first-order valence-electron chi connectivity index (χ1n) is 8.21. The van der Waals surface area contributed by atoms with Gasteiger partial charge >= 0.3 is 0 Å². The summed E-state index contributed by atoms with van der Waals surface area (Å²) in [5, 5.41) is 0. The van der Waals surface area contributed by atoms with Crippen molar-refractivity contribution in [2.24, 2.45) is 39.4 Å². The summed E-state index contributed by atoms with van der Waals surface area (Å²) in [6.45, 7) is 27.5. The number of hydrogen-bond acceptors (Lipinski definition) is 0. The molecule has 0 aromatic heterocycles. The summed E-state index contributed by atoms with van der Waals surface area (Å²) in [4.78, 5) is 0. The molecule has 0 nitrogen and oxygen atoms in total. The molecule has 0 amide bonds. The smallest absolute Gasteiger partial charge is 0.0170 e. The normalized spacial score (nSPS) is 42.8. The molecule has 114 valence electrons. The third-order valence-corrected chi connectivity index (χ3v) is 8.03. The van der Waals surface area contributed by atoms with E-state index < -0.39 is 0 Å². The maximum absolute atomic E-state index is 2.57. The maximum atomic E-state index is 2.57. The van der Waals surface area contributed by atoms with Crippen molar-refractivity contribution in [3.63, 3.8) is 0 Å². The fraction of sp³-hybridized carbons (Fsp3) is 1.00.